The number of ether oxygens (including phenoxy) is 2. The molecule has 34 heavy (non-hydrogen) atoms. The van der Waals surface area contributed by atoms with Crippen LogP contribution in [0.15, 0.2) is 78.0 Å². The number of fused-ring (bicyclic) bond motifs is 1. The van der Waals surface area contributed by atoms with Gasteiger partial charge in [-0.15, -0.1) is 0 Å². The van der Waals surface area contributed by atoms with Gasteiger partial charge in [-0.2, -0.15) is 0 Å². The van der Waals surface area contributed by atoms with E-state index in [9.17, 15) is 9.90 Å². The fourth-order valence-electron chi connectivity index (χ4n) is 4.84. The Balaban J connectivity index is 1.58. The third kappa shape index (κ3) is 4.07. The average Bonchev–Trinajstić information content (AvgIpc) is 3.02. The van der Waals surface area contributed by atoms with Gasteiger partial charge in [-0.3, -0.25) is 4.79 Å². The van der Waals surface area contributed by atoms with Crippen LogP contribution >= 0.6 is 0 Å². The highest BCUT2D eigenvalue weighted by Gasteiger charge is 2.36. The number of hydrogen-bond donors (Lipinski definition) is 3. The van der Waals surface area contributed by atoms with Crippen molar-refractivity contribution in [2.75, 3.05) is 24.4 Å². The minimum absolute atomic E-state index is 0.0781. The molecule has 6 heteroatoms. The molecule has 0 bridgehead atoms. The average molecular weight is 457 g/mol. The number of para-hydroxylation sites is 2. The normalized spacial score (nSPS) is 19.3. The van der Waals surface area contributed by atoms with Crippen LogP contribution in [-0.2, 0) is 4.79 Å². The van der Waals surface area contributed by atoms with Gasteiger partial charge in [-0.1, -0.05) is 30.3 Å². The molecule has 1 heterocycles. The summed E-state index contributed by atoms with van der Waals surface area (Å²) in [7, 11) is 1.65. The predicted octanol–water partition coefficient (Wildman–Crippen LogP) is 5.78. The van der Waals surface area contributed by atoms with E-state index in [1.54, 1.807) is 13.2 Å². The van der Waals surface area contributed by atoms with E-state index in [4.69, 9.17) is 9.47 Å². The van der Waals surface area contributed by atoms with E-state index in [1.807, 2.05) is 67.6 Å². The third-order valence-electron chi connectivity index (χ3n) is 6.51. The van der Waals surface area contributed by atoms with Crippen molar-refractivity contribution in [3.8, 4) is 17.2 Å². The summed E-state index contributed by atoms with van der Waals surface area (Å²) in [6.07, 6.45) is 1.15. The smallest absolute Gasteiger partial charge is 0.163 e. The quantitative estimate of drug-likeness (QED) is 0.452. The number of Topliss-reactive ketones (excluding diaryl/α,β-unsaturated/α-hetero) is 1. The van der Waals surface area contributed by atoms with Crippen molar-refractivity contribution in [3.63, 3.8) is 0 Å². The van der Waals surface area contributed by atoms with E-state index >= 15 is 0 Å². The molecule has 3 aromatic rings. The number of hydrogen-bond acceptors (Lipinski definition) is 6. The number of allylic oxidation sites excluding steroid dienone is 1. The number of methoxy groups -OCH3 is 1. The van der Waals surface area contributed by atoms with Gasteiger partial charge in [0.2, 0.25) is 0 Å². The molecule has 3 aromatic carbocycles. The molecular formula is C28H28N2O4. The fourth-order valence-corrected chi connectivity index (χ4v) is 4.84. The second-order valence-electron chi connectivity index (χ2n) is 8.60. The fraction of sp³-hybridized carbons (Fsp3) is 0.250. The molecule has 0 radical (unpaired) electrons. The second kappa shape index (κ2) is 9.14. The van der Waals surface area contributed by atoms with E-state index in [0.29, 0.717) is 18.8 Å². The molecule has 2 atom stereocenters. The first-order valence-corrected chi connectivity index (χ1v) is 11.6. The number of phenols is 1. The molecule has 174 valence electrons. The molecule has 0 spiro atoms. The number of carbonyl (C=O) groups excluding carboxylic acids is 1. The summed E-state index contributed by atoms with van der Waals surface area (Å²) >= 11 is 0. The maximum Gasteiger partial charge on any atom is 0.163 e. The van der Waals surface area contributed by atoms with Crippen LogP contribution in [0.1, 0.15) is 42.9 Å². The zero-order chi connectivity index (χ0) is 23.7. The highest BCUT2D eigenvalue weighted by atomic mass is 16.5. The highest BCUT2D eigenvalue weighted by molar-refractivity contribution is 6.01. The minimum Gasteiger partial charge on any atom is -0.504 e. The van der Waals surface area contributed by atoms with Gasteiger partial charge in [0, 0.05) is 17.7 Å². The molecule has 0 saturated carbocycles. The predicted molar refractivity (Wildman–Crippen MR) is 133 cm³/mol. The summed E-state index contributed by atoms with van der Waals surface area (Å²) in [6, 6.07) is 20.8. The standard InChI is InChI=1S/C28H28N2O4/c1-3-34-26-16-18(10-13-24(26)31)28-27-23(29-21-6-4-5-7-22(21)30-28)14-19(15-25(27)32)17-8-11-20(33-2)12-9-17/h4-13,16,19,28-31H,3,14-15H2,1-2H3. The first kappa shape index (κ1) is 21.9. The van der Waals surface area contributed by atoms with Gasteiger partial charge in [0.05, 0.1) is 31.1 Å². The van der Waals surface area contributed by atoms with E-state index in [0.717, 1.165) is 45.9 Å². The van der Waals surface area contributed by atoms with Crippen molar-refractivity contribution in [1.29, 1.82) is 0 Å². The van der Waals surface area contributed by atoms with Crippen molar-refractivity contribution < 1.29 is 19.4 Å². The third-order valence-corrected chi connectivity index (χ3v) is 6.51. The van der Waals surface area contributed by atoms with Gasteiger partial charge >= 0.3 is 0 Å². The van der Waals surface area contributed by atoms with E-state index < -0.39 is 0 Å². The monoisotopic (exact) mass is 456 g/mol. The van der Waals surface area contributed by atoms with Crippen molar-refractivity contribution in [2.45, 2.75) is 31.7 Å². The Kier molecular flexibility index (Phi) is 5.88. The first-order chi connectivity index (χ1) is 16.6. The van der Waals surface area contributed by atoms with Crippen LogP contribution in [0, 0.1) is 0 Å². The van der Waals surface area contributed by atoms with Crippen LogP contribution in [0.2, 0.25) is 0 Å². The Morgan fingerprint density at radius 2 is 1.71 bits per heavy atom. The van der Waals surface area contributed by atoms with Crippen LogP contribution in [-0.4, -0.2) is 24.6 Å². The molecule has 0 saturated heterocycles. The van der Waals surface area contributed by atoms with Crippen LogP contribution in [0.5, 0.6) is 17.2 Å². The lowest BCUT2D eigenvalue weighted by molar-refractivity contribution is -0.116. The maximum absolute atomic E-state index is 13.7. The Morgan fingerprint density at radius 3 is 2.44 bits per heavy atom. The Morgan fingerprint density at radius 1 is 0.971 bits per heavy atom. The molecule has 0 amide bonds. The topological polar surface area (TPSA) is 79.8 Å². The van der Waals surface area contributed by atoms with E-state index in [-0.39, 0.29) is 23.5 Å². The van der Waals surface area contributed by atoms with E-state index in [2.05, 4.69) is 10.6 Å². The summed E-state index contributed by atoms with van der Waals surface area (Å²) in [5, 5.41) is 17.3. The Labute approximate surface area is 199 Å². The number of nitrogens with one attached hydrogen (secondary N) is 2. The van der Waals surface area contributed by atoms with Crippen molar-refractivity contribution in [3.05, 3.63) is 89.1 Å². The van der Waals surface area contributed by atoms with Crippen molar-refractivity contribution >= 4 is 17.2 Å². The molecule has 3 N–H and O–H groups in total. The van der Waals surface area contributed by atoms with Crippen LogP contribution in [0.4, 0.5) is 11.4 Å². The van der Waals surface area contributed by atoms with Crippen LogP contribution < -0.4 is 20.1 Å². The van der Waals surface area contributed by atoms with Gasteiger partial charge in [0.25, 0.3) is 0 Å². The van der Waals surface area contributed by atoms with Gasteiger partial charge in [0.1, 0.15) is 5.75 Å². The largest absolute Gasteiger partial charge is 0.504 e. The van der Waals surface area contributed by atoms with Gasteiger partial charge < -0.3 is 25.2 Å². The molecule has 0 fully saturated rings. The summed E-state index contributed by atoms with van der Waals surface area (Å²) < 4.78 is 10.9. The molecule has 0 aromatic heterocycles. The number of phenolic OH excluding ortho intramolecular Hbond substituents is 1. The zero-order valence-corrected chi connectivity index (χ0v) is 19.3. The number of carbonyl (C=O) groups is 1. The summed E-state index contributed by atoms with van der Waals surface area (Å²) in [4.78, 5) is 13.7. The molecule has 2 unspecified atom stereocenters. The maximum atomic E-state index is 13.7. The molecule has 2 aliphatic rings. The van der Waals surface area contributed by atoms with Gasteiger partial charge in [-0.25, -0.2) is 0 Å². The van der Waals surface area contributed by atoms with Crippen molar-refractivity contribution in [2.24, 2.45) is 0 Å². The minimum atomic E-state index is -0.365. The Hall–Kier alpha value is -3.93. The van der Waals surface area contributed by atoms with E-state index in [1.165, 1.54) is 0 Å². The summed E-state index contributed by atoms with van der Waals surface area (Å²) in [5.74, 6) is 1.48. The number of aromatic hydroxyl groups is 1. The number of rotatable bonds is 5. The Bertz CT molecular complexity index is 1250. The first-order valence-electron chi connectivity index (χ1n) is 11.6. The molecule has 1 aliphatic heterocycles. The van der Waals surface area contributed by atoms with Crippen LogP contribution in [0.3, 0.4) is 0 Å². The highest BCUT2D eigenvalue weighted by Crippen LogP contribution is 2.45. The number of benzene rings is 3. The molecule has 5 rings (SSSR count). The molecule has 1 aliphatic carbocycles. The zero-order valence-electron chi connectivity index (χ0n) is 19.3. The number of anilines is 2. The SMILES string of the molecule is CCOc1cc(C2Nc3ccccc3NC3=C2C(=O)CC(c2ccc(OC)cc2)C3)ccc1O. The lowest BCUT2D eigenvalue weighted by Crippen LogP contribution is -2.26. The second-order valence-corrected chi connectivity index (χ2v) is 8.60. The molecular weight excluding hydrogens is 428 g/mol. The summed E-state index contributed by atoms with van der Waals surface area (Å²) in [6.45, 7) is 2.32. The summed E-state index contributed by atoms with van der Waals surface area (Å²) in [5.41, 5.74) is 5.49. The number of ketones is 1. The van der Waals surface area contributed by atoms with Gasteiger partial charge in [0.15, 0.2) is 17.3 Å². The molecule has 6 nitrogen and oxygen atoms in total. The van der Waals surface area contributed by atoms with Crippen molar-refractivity contribution in [1.82, 2.24) is 0 Å². The lowest BCUT2D eigenvalue weighted by Gasteiger charge is -2.30. The lowest BCUT2D eigenvalue weighted by atomic mass is 9.78. The van der Waals surface area contributed by atoms with Gasteiger partial charge in [-0.05, 0) is 66.8 Å². The van der Waals surface area contributed by atoms with Crippen LogP contribution in [0.25, 0.3) is 0 Å².